The van der Waals surface area contributed by atoms with E-state index >= 15 is 0 Å². The number of benzene rings is 1. The van der Waals surface area contributed by atoms with Crippen molar-refractivity contribution in [2.24, 2.45) is 0 Å². The number of nitrogens with zero attached hydrogens (tertiary/aromatic N) is 1. The molecule has 1 aromatic rings. The molecule has 2 rings (SSSR count). The molecule has 0 bridgehead atoms. The standard InChI is InChI=1S/C17H24N2O3/c1-5-6-9-22-17(21)13(4)19-15-8-7-11(2)10-14(15)18-12(3)16(19)20/h7-8,10,12-13,18H,5-6,9H2,1-4H3. The summed E-state index contributed by atoms with van der Waals surface area (Å²) >= 11 is 0. The highest BCUT2D eigenvalue weighted by Gasteiger charge is 2.36. The molecule has 1 aliphatic rings. The first-order valence-electron chi connectivity index (χ1n) is 7.82. The van der Waals surface area contributed by atoms with Gasteiger partial charge in [-0.15, -0.1) is 0 Å². The molecule has 22 heavy (non-hydrogen) atoms. The molecule has 120 valence electrons. The Morgan fingerprint density at radius 2 is 2.18 bits per heavy atom. The number of carbonyl (C=O) groups is 2. The lowest BCUT2D eigenvalue weighted by atomic mass is 10.1. The monoisotopic (exact) mass is 304 g/mol. The summed E-state index contributed by atoms with van der Waals surface area (Å²) in [6.45, 7) is 7.95. The molecular formula is C17H24N2O3. The van der Waals surface area contributed by atoms with Gasteiger partial charge in [-0.3, -0.25) is 9.69 Å². The highest BCUT2D eigenvalue weighted by Crippen LogP contribution is 2.33. The van der Waals surface area contributed by atoms with E-state index < -0.39 is 6.04 Å². The van der Waals surface area contributed by atoms with Crippen LogP contribution >= 0.6 is 0 Å². The Bertz CT molecular complexity index is 571. The van der Waals surface area contributed by atoms with Gasteiger partial charge in [-0.25, -0.2) is 4.79 Å². The molecule has 5 nitrogen and oxygen atoms in total. The van der Waals surface area contributed by atoms with Crippen LogP contribution in [0.1, 0.15) is 39.2 Å². The van der Waals surface area contributed by atoms with Gasteiger partial charge in [-0.1, -0.05) is 19.4 Å². The van der Waals surface area contributed by atoms with Crippen molar-refractivity contribution in [3.8, 4) is 0 Å². The molecule has 2 unspecified atom stereocenters. The minimum atomic E-state index is -0.629. The van der Waals surface area contributed by atoms with Crippen LogP contribution in [0.15, 0.2) is 18.2 Å². The molecular weight excluding hydrogens is 280 g/mol. The molecule has 1 amide bonds. The number of anilines is 2. The minimum Gasteiger partial charge on any atom is -0.464 e. The Balaban J connectivity index is 2.25. The number of hydrogen-bond acceptors (Lipinski definition) is 4. The number of esters is 1. The number of nitrogens with one attached hydrogen (secondary N) is 1. The predicted molar refractivity (Wildman–Crippen MR) is 87.1 cm³/mol. The highest BCUT2D eigenvalue weighted by molar-refractivity contribution is 6.08. The first kappa shape index (κ1) is 16.3. The van der Waals surface area contributed by atoms with E-state index in [2.05, 4.69) is 5.32 Å². The molecule has 0 radical (unpaired) electrons. The normalized spacial score (nSPS) is 18.5. The molecule has 1 aromatic carbocycles. The zero-order chi connectivity index (χ0) is 16.3. The molecule has 2 atom stereocenters. The van der Waals surface area contributed by atoms with Crippen molar-refractivity contribution >= 4 is 23.3 Å². The topological polar surface area (TPSA) is 58.6 Å². The molecule has 0 aliphatic carbocycles. The summed E-state index contributed by atoms with van der Waals surface area (Å²) in [7, 11) is 0. The van der Waals surface area contributed by atoms with Gasteiger partial charge in [0.1, 0.15) is 12.1 Å². The quantitative estimate of drug-likeness (QED) is 0.671. The fourth-order valence-corrected chi connectivity index (χ4v) is 2.54. The zero-order valence-electron chi connectivity index (χ0n) is 13.7. The zero-order valence-corrected chi connectivity index (χ0v) is 13.7. The number of fused-ring (bicyclic) bond motifs is 1. The number of rotatable bonds is 5. The molecule has 1 N–H and O–H groups in total. The average Bonchev–Trinajstić information content (AvgIpc) is 2.48. The van der Waals surface area contributed by atoms with E-state index in [1.165, 1.54) is 0 Å². The lowest BCUT2D eigenvalue weighted by molar-refractivity contribution is -0.146. The van der Waals surface area contributed by atoms with Gasteiger partial charge in [0.2, 0.25) is 5.91 Å². The third-order valence-corrected chi connectivity index (χ3v) is 3.86. The third kappa shape index (κ3) is 3.24. The van der Waals surface area contributed by atoms with Gasteiger partial charge in [-0.2, -0.15) is 0 Å². The van der Waals surface area contributed by atoms with E-state index in [0.29, 0.717) is 6.61 Å². The van der Waals surface area contributed by atoms with Crippen molar-refractivity contribution in [2.45, 2.75) is 52.6 Å². The van der Waals surface area contributed by atoms with Crippen LogP contribution in [0.25, 0.3) is 0 Å². The lowest BCUT2D eigenvalue weighted by Crippen LogP contribution is -2.52. The van der Waals surface area contributed by atoms with Gasteiger partial charge < -0.3 is 10.1 Å². The molecule has 0 aromatic heterocycles. The summed E-state index contributed by atoms with van der Waals surface area (Å²) in [5.41, 5.74) is 2.71. The summed E-state index contributed by atoms with van der Waals surface area (Å²) < 4.78 is 5.27. The van der Waals surface area contributed by atoms with Crippen molar-refractivity contribution in [3.63, 3.8) is 0 Å². The smallest absolute Gasteiger partial charge is 0.328 e. The van der Waals surface area contributed by atoms with E-state index in [4.69, 9.17) is 4.74 Å². The van der Waals surface area contributed by atoms with Crippen LogP contribution < -0.4 is 10.2 Å². The summed E-state index contributed by atoms with van der Waals surface area (Å²) in [6, 6.07) is 4.81. The molecule has 0 saturated heterocycles. The molecule has 1 aliphatic heterocycles. The van der Waals surface area contributed by atoms with Gasteiger partial charge in [-0.05, 0) is 44.9 Å². The van der Waals surface area contributed by atoms with Crippen molar-refractivity contribution in [1.29, 1.82) is 0 Å². The molecule has 0 fully saturated rings. The van der Waals surface area contributed by atoms with Crippen LogP contribution in [0.5, 0.6) is 0 Å². The molecule has 0 spiro atoms. The highest BCUT2D eigenvalue weighted by atomic mass is 16.5. The van der Waals surface area contributed by atoms with Crippen molar-refractivity contribution in [1.82, 2.24) is 0 Å². The fraction of sp³-hybridized carbons (Fsp3) is 0.529. The number of unbranched alkanes of at least 4 members (excludes halogenated alkanes) is 1. The first-order chi connectivity index (χ1) is 10.5. The summed E-state index contributed by atoms with van der Waals surface area (Å²) in [6.07, 6.45) is 1.80. The van der Waals surface area contributed by atoms with E-state index in [1.807, 2.05) is 32.0 Å². The second-order valence-electron chi connectivity index (χ2n) is 5.79. The van der Waals surface area contributed by atoms with Crippen LogP contribution in [0, 0.1) is 6.92 Å². The van der Waals surface area contributed by atoms with Gasteiger partial charge in [0.05, 0.1) is 18.0 Å². The number of amides is 1. The molecule has 5 heteroatoms. The maximum absolute atomic E-state index is 12.5. The summed E-state index contributed by atoms with van der Waals surface area (Å²) in [5.74, 6) is -0.473. The Morgan fingerprint density at radius 1 is 1.45 bits per heavy atom. The maximum atomic E-state index is 12.5. The number of carbonyl (C=O) groups excluding carboxylic acids is 2. The molecule has 1 heterocycles. The van der Waals surface area contributed by atoms with Crippen LogP contribution in [0.4, 0.5) is 11.4 Å². The predicted octanol–water partition coefficient (Wildman–Crippen LogP) is 2.87. The summed E-state index contributed by atoms with van der Waals surface area (Å²) in [4.78, 5) is 26.3. The first-order valence-corrected chi connectivity index (χ1v) is 7.82. The number of hydrogen-bond donors (Lipinski definition) is 1. The van der Waals surface area contributed by atoms with Crippen LogP contribution in [0.3, 0.4) is 0 Å². The van der Waals surface area contributed by atoms with Crippen LogP contribution in [-0.4, -0.2) is 30.6 Å². The van der Waals surface area contributed by atoms with Crippen molar-refractivity contribution in [2.75, 3.05) is 16.8 Å². The van der Waals surface area contributed by atoms with E-state index in [-0.39, 0.29) is 17.9 Å². The Hall–Kier alpha value is -2.04. The van der Waals surface area contributed by atoms with Crippen LogP contribution in [-0.2, 0) is 14.3 Å². The Morgan fingerprint density at radius 3 is 2.86 bits per heavy atom. The second kappa shape index (κ2) is 6.81. The van der Waals surface area contributed by atoms with Gasteiger partial charge >= 0.3 is 5.97 Å². The minimum absolute atomic E-state index is 0.115. The second-order valence-corrected chi connectivity index (χ2v) is 5.79. The largest absolute Gasteiger partial charge is 0.464 e. The lowest BCUT2D eigenvalue weighted by Gasteiger charge is -2.36. The van der Waals surface area contributed by atoms with Gasteiger partial charge in [0.15, 0.2) is 0 Å². The van der Waals surface area contributed by atoms with E-state index in [0.717, 1.165) is 29.8 Å². The van der Waals surface area contributed by atoms with E-state index in [9.17, 15) is 9.59 Å². The summed E-state index contributed by atoms with van der Waals surface area (Å²) in [5, 5.41) is 3.18. The average molecular weight is 304 g/mol. The SMILES string of the molecule is CCCCOC(=O)C(C)N1C(=O)C(C)Nc2cc(C)ccc21. The van der Waals surface area contributed by atoms with Crippen molar-refractivity contribution in [3.05, 3.63) is 23.8 Å². The van der Waals surface area contributed by atoms with Gasteiger partial charge in [0, 0.05) is 0 Å². The van der Waals surface area contributed by atoms with Crippen molar-refractivity contribution < 1.29 is 14.3 Å². The van der Waals surface area contributed by atoms with E-state index in [1.54, 1.807) is 18.7 Å². The Kier molecular flexibility index (Phi) is 5.06. The number of aryl methyl sites for hydroxylation is 1. The fourth-order valence-electron chi connectivity index (χ4n) is 2.54. The number of ether oxygens (including phenoxy) is 1. The molecule has 0 saturated carbocycles. The Labute approximate surface area is 131 Å². The van der Waals surface area contributed by atoms with Gasteiger partial charge in [0.25, 0.3) is 0 Å². The maximum Gasteiger partial charge on any atom is 0.328 e. The third-order valence-electron chi connectivity index (χ3n) is 3.86. The van der Waals surface area contributed by atoms with Crippen LogP contribution in [0.2, 0.25) is 0 Å².